The highest BCUT2D eigenvalue weighted by Crippen LogP contribution is 2.30. The molecule has 1 saturated heterocycles. The zero-order valence-electron chi connectivity index (χ0n) is 19.8. The summed E-state index contributed by atoms with van der Waals surface area (Å²) in [6, 6.07) is 13.7. The van der Waals surface area contributed by atoms with E-state index >= 15 is 0 Å². The SMILES string of the molecule is O=C(Nc1nnc(SCC(=O)N2CCCc3ccccc32)s1)c1ccc(S(=O)(=O)N2CCOCC2)cc1. The van der Waals surface area contributed by atoms with Crippen molar-refractivity contribution in [1.82, 2.24) is 14.5 Å². The van der Waals surface area contributed by atoms with Crippen molar-refractivity contribution in [3.05, 3.63) is 59.7 Å². The van der Waals surface area contributed by atoms with Crippen LogP contribution in [0.2, 0.25) is 0 Å². The van der Waals surface area contributed by atoms with Gasteiger partial charge in [-0.15, -0.1) is 10.2 Å². The van der Waals surface area contributed by atoms with E-state index in [1.54, 1.807) is 0 Å². The molecule has 10 nitrogen and oxygen atoms in total. The molecular formula is C24H25N5O5S3. The largest absolute Gasteiger partial charge is 0.379 e. The second-order valence-electron chi connectivity index (χ2n) is 8.43. The summed E-state index contributed by atoms with van der Waals surface area (Å²) >= 11 is 2.46. The van der Waals surface area contributed by atoms with E-state index in [0.717, 1.165) is 18.5 Å². The number of amides is 2. The number of para-hydroxylation sites is 1. The standard InChI is InChI=1S/C24H25N5O5S3/c30-21(29-11-3-5-17-4-1-2-6-20(17)29)16-35-24-27-26-23(36-24)25-22(31)18-7-9-19(10-8-18)37(32,33)28-12-14-34-15-13-28/h1-2,4,6-10H,3,5,11-16H2,(H,25,26,31). The lowest BCUT2D eigenvalue weighted by Crippen LogP contribution is -2.40. The molecule has 0 bridgehead atoms. The number of nitrogens with zero attached hydrogens (tertiary/aromatic N) is 4. The van der Waals surface area contributed by atoms with E-state index in [9.17, 15) is 18.0 Å². The Kier molecular flexibility index (Phi) is 7.86. The number of ether oxygens (including phenoxy) is 1. The quantitative estimate of drug-likeness (QED) is 0.347. The lowest BCUT2D eigenvalue weighted by atomic mass is 10.0. The Morgan fingerprint density at radius 1 is 1.03 bits per heavy atom. The zero-order chi connectivity index (χ0) is 25.8. The maximum Gasteiger partial charge on any atom is 0.257 e. The Balaban J connectivity index is 1.16. The molecule has 3 aromatic rings. The number of aromatic nitrogens is 2. The van der Waals surface area contributed by atoms with Crippen LogP contribution >= 0.6 is 23.1 Å². The minimum Gasteiger partial charge on any atom is -0.379 e. The summed E-state index contributed by atoms with van der Waals surface area (Å²) in [4.78, 5) is 27.4. The summed E-state index contributed by atoms with van der Waals surface area (Å²) in [7, 11) is -3.63. The van der Waals surface area contributed by atoms with Crippen molar-refractivity contribution in [2.75, 3.05) is 48.8 Å². The third-order valence-corrected chi connectivity index (χ3v) is 9.95. The first-order valence-corrected chi connectivity index (χ1v) is 15.0. The van der Waals surface area contributed by atoms with Gasteiger partial charge in [-0.3, -0.25) is 14.9 Å². The van der Waals surface area contributed by atoms with Crippen LogP contribution in [0.15, 0.2) is 57.8 Å². The van der Waals surface area contributed by atoms with Crippen LogP contribution in [0.1, 0.15) is 22.3 Å². The normalized spacial score (nSPS) is 16.3. The van der Waals surface area contributed by atoms with E-state index in [1.807, 2.05) is 23.1 Å². The van der Waals surface area contributed by atoms with Gasteiger partial charge < -0.3 is 9.64 Å². The fourth-order valence-electron chi connectivity index (χ4n) is 4.20. The number of benzene rings is 2. The molecule has 1 fully saturated rings. The minimum absolute atomic E-state index is 0.00468. The van der Waals surface area contributed by atoms with E-state index in [1.165, 1.54) is 57.2 Å². The fourth-order valence-corrected chi connectivity index (χ4v) is 7.23. The molecule has 37 heavy (non-hydrogen) atoms. The maximum atomic E-state index is 12.8. The Hall–Kier alpha value is -2.84. The van der Waals surface area contributed by atoms with Crippen LogP contribution in [0.25, 0.3) is 0 Å². The van der Waals surface area contributed by atoms with Crippen molar-refractivity contribution < 1.29 is 22.7 Å². The molecule has 5 rings (SSSR count). The van der Waals surface area contributed by atoms with E-state index in [-0.39, 0.29) is 16.6 Å². The van der Waals surface area contributed by atoms with Crippen LogP contribution in [0.3, 0.4) is 0 Å². The molecule has 0 radical (unpaired) electrons. The van der Waals surface area contributed by atoms with Crippen molar-refractivity contribution in [2.24, 2.45) is 0 Å². The lowest BCUT2D eigenvalue weighted by molar-refractivity contribution is -0.116. The van der Waals surface area contributed by atoms with Crippen molar-refractivity contribution in [3.63, 3.8) is 0 Å². The third-order valence-electron chi connectivity index (χ3n) is 6.08. The van der Waals surface area contributed by atoms with Crippen LogP contribution in [0, 0.1) is 0 Å². The maximum absolute atomic E-state index is 12.8. The Morgan fingerprint density at radius 3 is 2.57 bits per heavy atom. The fraction of sp³-hybridized carbons (Fsp3) is 0.333. The number of anilines is 2. The molecule has 2 amide bonds. The first kappa shape index (κ1) is 25.8. The first-order chi connectivity index (χ1) is 17.9. The number of aryl methyl sites for hydroxylation is 1. The van der Waals surface area contributed by atoms with Crippen LogP contribution in [-0.4, -0.2) is 73.3 Å². The number of hydrogen-bond donors (Lipinski definition) is 1. The van der Waals surface area contributed by atoms with Gasteiger partial charge in [0.05, 0.1) is 23.9 Å². The molecule has 0 unspecified atom stereocenters. The molecule has 194 valence electrons. The summed E-state index contributed by atoms with van der Waals surface area (Å²) in [6.45, 7) is 2.03. The lowest BCUT2D eigenvalue weighted by Gasteiger charge is -2.29. The molecule has 3 heterocycles. The number of fused-ring (bicyclic) bond motifs is 1. The number of rotatable bonds is 7. The molecule has 2 aromatic carbocycles. The predicted molar refractivity (Wildman–Crippen MR) is 142 cm³/mol. The van der Waals surface area contributed by atoms with Gasteiger partial charge in [0.2, 0.25) is 21.1 Å². The van der Waals surface area contributed by atoms with E-state index < -0.39 is 15.9 Å². The highest BCUT2D eigenvalue weighted by molar-refractivity contribution is 8.01. The van der Waals surface area contributed by atoms with Gasteiger partial charge >= 0.3 is 0 Å². The Morgan fingerprint density at radius 2 is 1.78 bits per heavy atom. The highest BCUT2D eigenvalue weighted by Gasteiger charge is 2.26. The van der Waals surface area contributed by atoms with Gasteiger partial charge in [-0.1, -0.05) is 41.3 Å². The summed E-state index contributed by atoms with van der Waals surface area (Å²) in [6.07, 6.45) is 1.90. The first-order valence-electron chi connectivity index (χ1n) is 11.8. The molecule has 2 aliphatic heterocycles. The van der Waals surface area contributed by atoms with Crippen molar-refractivity contribution >= 4 is 55.8 Å². The van der Waals surface area contributed by atoms with Gasteiger partial charge in [0, 0.05) is 30.9 Å². The van der Waals surface area contributed by atoms with Crippen LogP contribution in [0.4, 0.5) is 10.8 Å². The molecule has 1 N–H and O–H groups in total. The molecular weight excluding hydrogens is 534 g/mol. The monoisotopic (exact) mass is 559 g/mol. The molecule has 1 aromatic heterocycles. The second-order valence-corrected chi connectivity index (χ2v) is 12.6. The van der Waals surface area contributed by atoms with E-state index in [4.69, 9.17) is 4.74 Å². The number of hydrogen-bond acceptors (Lipinski definition) is 9. The molecule has 0 saturated carbocycles. The average molecular weight is 560 g/mol. The summed E-state index contributed by atoms with van der Waals surface area (Å²) in [5.74, 6) is -0.204. The third kappa shape index (κ3) is 5.85. The summed E-state index contributed by atoms with van der Waals surface area (Å²) in [5, 5.41) is 11.1. The summed E-state index contributed by atoms with van der Waals surface area (Å²) in [5.41, 5.74) is 2.44. The van der Waals surface area contributed by atoms with Gasteiger partial charge in [-0.05, 0) is 48.7 Å². The van der Waals surface area contributed by atoms with Crippen molar-refractivity contribution in [2.45, 2.75) is 22.1 Å². The molecule has 0 atom stereocenters. The Labute approximate surface area is 223 Å². The molecule has 0 aliphatic carbocycles. The number of carbonyl (C=O) groups is 2. The smallest absolute Gasteiger partial charge is 0.257 e. The number of nitrogens with one attached hydrogen (secondary N) is 1. The van der Waals surface area contributed by atoms with E-state index in [0.29, 0.717) is 47.9 Å². The van der Waals surface area contributed by atoms with Crippen molar-refractivity contribution in [3.8, 4) is 0 Å². The molecule has 2 aliphatic rings. The van der Waals surface area contributed by atoms with Crippen LogP contribution in [-0.2, 0) is 26.0 Å². The number of sulfonamides is 1. The van der Waals surface area contributed by atoms with Crippen LogP contribution in [0.5, 0.6) is 0 Å². The number of carbonyl (C=O) groups excluding carboxylic acids is 2. The average Bonchev–Trinajstić information content (AvgIpc) is 3.39. The number of morpholine rings is 1. The summed E-state index contributed by atoms with van der Waals surface area (Å²) < 4.78 is 32.7. The molecule has 13 heteroatoms. The van der Waals surface area contributed by atoms with E-state index in [2.05, 4.69) is 21.6 Å². The van der Waals surface area contributed by atoms with Crippen LogP contribution < -0.4 is 10.2 Å². The molecule has 0 spiro atoms. The van der Waals surface area contributed by atoms with Crippen molar-refractivity contribution in [1.29, 1.82) is 0 Å². The van der Waals surface area contributed by atoms with Gasteiger partial charge in [-0.2, -0.15) is 4.31 Å². The topological polar surface area (TPSA) is 122 Å². The predicted octanol–water partition coefficient (Wildman–Crippen LogP) is 2.88. The van der Waals surface area contributed by atoms with Gasteiger partial charge in [-0.25, -0.2) is 8.42 Å². The van der Waals surface area contributed by atoms with Gasteiger partial charge in [0.1, 0.15) is 0 Å². The van der Waals surface area contributed by atoms with Gasteiger partial charge in [0.25, 0.3) is 5.91 Å². The Bertz CT molecular complexity index is 1390. The minimum atomic E-state index is -3.63. The highest BCUT2D eigenvalue weighted by atomic mass is 32.2. The number of thioether (sulfide) groups is 1. The zero-order valence-corrected chi connectivity index (χ0v) is 22.3. The second kappa shape index (κ2) is 11.3. The van der Waals surface area contributed by atoms with Gasteiger partial charge in [0.15, 0.2) is 4.34 Å².